The highest BCUT2D eigenvalue weighted by atomic mass is 19.4. The summed E-state index contributed by atoms with van der Waals surface area (Å²) in [5.41, 5.74) is 5.01. The SMILES string of the molecule is CCCOc1ccc(C(F)(F)F)cc1NC(=O)C1CCC(N)C1. The maximum Gasteiger partial charge on any atom is 0.416 e. The van der Waals surface area contributed by atoms with Crippen LogP contribution in [0, 0.1) is 5.92 Å². The summed E-state index contributed by atoms with van der Waals surface area (Å²) in [6, 6.07) is 3.08. The molecule has 1 amide bonds. The number of amides is 1. The Kier molecular flexibility index (Phi) is 5.51. The largest absolute Gasteiger partial charge is 0.491 e. The molecule has 1 aromatic carbocycles. The number of anilines is 1. The lowest BCUT2D eigenvalue weighted by Gasteiger charge is -2.17. The molecule has 1 fully saturated rings. The number of carbonyl (C=O) groups is 1. The van der Waals surface area contributed by atoms with E-state index < -0.39 is 11.7 Å². The third-order valence-corrected chi connectivity index (χ3v) is 3.87. The van der Waals surface area contributed by atoms with E-state index in [1.54, 1.807) is 0 Å². The molecule has 2 atom stereocenters. The van der Waals surface area contributed by atoms with Gasteiger partial charge < -0.3 is 15.8 Å². The maximum absolute atomic E-state index is 12.9. The van der Waals surface area contributed by atoms with Crippen LogP contribution >= 0.6 is 0 Å². The van der Waals surface area contributed by atoms with E-state index in [9.17, 15) is 18.0 Å². The van der Waals surface area contributed by atoms with E-state index in [1.807, 2.05) is 6.92 Å². The highest BCUT2D eigenvalue weighted by molar-refractivity contribution is 5.94. The second kappa shape index (κ2) is 7.21. The van der Waals surface area contributed by atoms with Gasteiger partial charge in [-0.05, 0) is 43.9 Å². The van der Waals surface area contributed by atoms with Crippen molar-refractivity contribution in [2.24, 2.45) is 11.7 Å². The lowest BCUT2D eigenvalue weighted by molar-refractivity contribution is -0.137. The van der Waals surface area contributed by atoms with E-state index in [-0.39, 0.29) is 29.3 Å². The van der Waals surface area contributed by atoms with Crippen LogP contribution in [0.3, 0.4) is 0 Å². The first-order valence-electron chi connectivity index (χ1n) is 7.71. The Morgan fingerprint density at radius 2 is 2.13 bits per heavy atom. The Morgan fingerprint density at radius 3 is 2.70 bits per heavy atom. The minimum Gasteiger partial charge on any atom is -0.491 e. The van der Waals surface area contributed by atoms with Crippen LogP contribution in [0.15, 0.2) is 18.2 Å². The maximum atomic E-state index is 12.9. The minimum atomic E-state index is -4.47. The lowest BCUT2D eigenvalue weighted by Crippen LogP contribution is -2.23. The number of benzene rings is 1. The van der Waals surface area contributed by atoms with Crippen LogP contribution < -0.4 is 15.8 Å². The highest BCUT2D eigenvalue weighted by Gasteiger charge is 2.32. The van der Waals surface area contributed by atoms with E-state index in [0.717, 1.165) is 18.6 Å². The predicted octanol–water partition coefficient (Wildman–Crippen LogP) is 3.56. The van der Waals surface area contributed by atoms with Crippen molar-refractivity contribution in [2.45, 2.75) is 44.8 Å². The Hall–Kier alpha value is -1.76. The Balaban J connectivity index is 2.20. The van der Waals surface area contributed by atoms with Crippen LogP contribution in [0.5, 0.6) is 5.75 Å². The van der Waals surface area contributed by atoms with Gasteiger partial charge in [0.15, 0.2) is 0 Å². The third kappa shape index (κ3) is 4.60. The summed E-state index contributed by atoms with van der Waals surface area (Å²) in [5.74, 6) is -0.326. The molecule has 2 unspecified atom stereocenters. The number of alkyl halides is 3. The van der Waals surface area contributed by atoms with Gasteiger partial charge in [0, 0.05) is 12.0 Å². The first-order valence-corrected chi connectivity index (χ1v) is 7.71. The number of nitrogens with one attached hydrogen (secondary N) is 1. The molecule has 0 radical (unpaired) electrons. The molecule has 0 aromatic heterocycles. The molecule has 23 heavy (non-hydrogen) atoms. The molecule has 0 heterocycles. The van der Waals surface area contributed by atoms with Crippen molar-refractivity contribution in [3.05, 3.63) is 23.8 Å². The fourth-order valence-electron chi connectivity index (χ4n) is 2.63. The molecule has 0 bridgehead atoms. The molecule has 2 rings (SSSR count). The predicted molar refractivity (Wildman–Crippen MR) is 81.2 cm³/mol. The first-order chi connectivity index (χ1) is 10.8. The van der Waals surface area contributed by atoms with Crippen LogP contribution in [0.1, 0.15) is 38.2 Å². The van der Waals surface area contributed by atoms with Gasteiger partial charge in [-0.2, -0.15) is 13.2 Å². The number of hydrogen-bond donors (Lipinski definition) is 2. The van der Waals surface area contributed by atoms with Crippen molar-refractivity contribution in [1.29, 1.82) is 0 Å². The van der Waals surface area contributed by atoms with Crippen molar-refractivity contribution in [2.75, 3.05) is 11.9 Å². The van der Waals surface area contributed by atoms with Crippen LogP contribution in [0.2, 0.25) is 0 Å². The third-order valence-electron chi connectivity index (χ3n) is 3.87. The summed E-state index contributed by atoms with van der Waals surface area (Å²) in [6.07, 6.45) is -1.81. The van der Waals surface area contributed by atoms with Crippen LogP contribution in [0.25, 0.3) is 0 Å². The first kappa shape index (κ1) is 17.6. The van der Waals surface area contributed by atoms with Crippen LogP contribution in [-0.2, 0) is 11.0 Å². The van der Waals surface area contributed by atoms with Gasteiger partial charge in [0.2, 0.25) is 5.91 Å². The Labute approximate surface area is 133 Å². The molecular formula is C16H21F3N2O2. The summed E-state index contributed by atoms with van der Waals surface area (Å²) in [6.45, 7) is 2.25. The molecule has 1 saturated carbocycles. The molecule has 1 aromatic rings. The molecule has 1 aliphatic carbocycles. The van der Waals surface area contributed by atoms with Gasteiger partial charge in [0.1, 0.15) is 5.75 Å². The van der Waals surface area contributed by atoms with Crippen molar-refractivity contribution in [3.63, 3.8) is 0 Å². The van der Waals surface area contributed by atoms with Crippen molar-refractivity contribution in [3.8, 4) is 5.75 Å². The summed E-state index contributed by atoms with van der Waals surface area (Å²) in [7, 11) is 0. The molecule has 0 aliphatic heterocycles. The molecular weight excluding hydrogens is 309 g/mol. The Bertz CT molecular complexity index is 561. The standard InChI is InChI=1S/C16H21F3N2O2/c1-2-7-23-14-6-4-11(16(17,18)19)9-13(14)21-15(22)10-3-5-12(20)8-10/h4,6,9-10,12H,2-3,5,7-8,20H2,1H3,(H,21,22). The van der Waals surface area contributed by atoms with Crippen molar-refractivity contribution in [1.82, 2.24) is 0 Å². The summed E-state index contributed by atoms with van der Waals surface area (Å²) in [4.78, 5) is 12.2. The number of halogens is 3. The van der Waals surface area contributed by atoms with Gasteiger partial charge >= 0.3 is 6.18 Å². The molecule has 7 heteroatoms. The normalized spacial score (nSPS) is 21.3. The van der Waals surface area contributed by atoms with E-state index >= 15 is 0 Å². The fourth-order valence-corrected chi connectivity index (χ4v) is 2.63. The zero-order valence-electron chi connectivity index (χ0n) is 13.0. The van der Waals surface area contributed by atoms with Crippen molar-refractivity contribution < 1.29 is 22.7 Å². The number of ether oxygens (including phenoxy) is 1. The van der Waals surface area contributed by atoms with E-state index in [1.165, 1.54) is 6.07 Å². The summed E-state index contributed by atoms with van der Waals surface area (Å²) in [5, 5.41) is 2.57. The van der Waals surface area contributed by atoms with Gasteiger partial charge in [-0.15, -0.1) is 0 Å². The molecule has 4 nitrogen and oxygen atoms in total. The van der Waals surface area contributed by atoms with Gasteiger partial charge in [-0.3, -0.25) is 4.79 Å². The molecule has 0 saturated heterocycles. The van der Waals surface area contributed by atoms with E-state index in [4.69, 9.17) is 10.5 Å². The monoisotopic (exact) mass is 330 g/mol. The summed E-state index contributed by atoms with van der Waals surface area (Å²) < 4.78 is 44.0. The molecule has 3 N–H and O–H groups in total. The molecule has 128 valence electrons. The van der Waals surface area contributed by atoms with Crippen molar-refractivity contribution >= 4 is 11.6 Å². The number of carbonyl (C=O) groups excluding carboxylic acids is 1. The van der Waals surface area contributed by atoms with Crippen LogP contribution in [-0.4, -0.2) is 18.6 Å². The Morgan fingerprint density at radius 1 is 1.39 bits per heavy atom. The van der Waals surface area contributed by atoms with Gasteiger partial charge in [0.25, 0.3) is 0 Å². The molecule has 1 aliphatic rings. The molecule has 0 spiro atoms. The van der Waals surface area contributed by atoms with Gasteiger partial charge in [-0.1, -0.05) is 6.92 Å². The average Bonchev–Trinajstić information content (AvgIpc) is 2.91. The number of rotatable bonds is 5. The number of nitrogens with two attached hydrogens (primary N) is 1. The van der Waals surface area contributed by atoms with E-state index in [2.05, 4.69) is 5.32 Å². The second-order valence-electron chi connectivity index (χ2n) is 5.82. The quantitative estimate of drug-likeness (QED) is 0.867. The smallest absolute Gasteiger partial charge is 0.416 e. The highest BCUT2D eigenvalue weighted by Crippen LogP contribution is 2.36. The second-order valence-corrected chi connectivity index (χ2v) is 5.82. The number of hydrogen-bond acceptors (Lipinski definition) is 3. The fraction of sp³-hybridized carbons (Fsp3) is 0.562. The minimum absolute atomic E-state index is 0.0249. The van der Waals surface area contributed by atoms with Gasteiger partial charge in [0.05, 0.1) is 17.9 Å². The lowest BCUT2D eigenvalue weighted by atomic mass is 10.1. The van der Waals surface area contributed by atoms with Gasteiger partial charge in [-0.25, -0.2) is 0 Å². The zero-order valence-corrected chi connectivity index (χ0v) is 13.0. The average molecular weight is 330 g/mol. The summed E-state index contributed by atoms with van der Waals surface area (Å²) >= 11 is 0. The zero-order chi connectivity index (χ0) is 17.0. The van der Waals surface area contributed by atoms with Crippen LogP contribution in [0.4, 0.5) is 18.9 Å². The van der Waals surface area contributed by atoms with E-state index in [0.29, 0.717) is 25.9 Å². The topological polar surface area (TPSA) is 64.3 Å².